The van der Waals surface area contributed by atoms with Crippen LogP contribution in [0.3, 0.4) is 0 Å². The largest absolute Gasteiger partial charge is 0.398 e. The van der Waals surface area contributed by atoms with Gasteiger partial charge < -0.3 is 10.5 Å². The Morgan fingerprint density at radius 2 is 2.00 bits per heavy atom. The van der Waals surface area contributed by atoms with Crippen molar-refractivity contribution >= 4 is 27.1 Å². The highest BCUT2D eigenvalue weighted by Crippen LogP contribution is 2.43. The first-order valence-electron chi connectivity index (χ1n) is 7.36. The number of hydrogen-bond acceptors (Lipinski definition) is 4. The Hall–Kier alpha value is -0.780. The Labute approximate surface area is 130 Å². The summed E-state index contributed by atoms with van der Waals surface area (Å²) in [6.45, 7) is 0. The number of benzene rings is 1. The molecule has 1 aromatic carbocycles. The van der Waals surface area contributed by atoms with E-state index in [1.807, 2.05) is 0 Å². The third kappa shape index (κ3) is 3.05. The fraction of sp³-hybridized carbons (Fsp3) is 0.600. The van der Waals surface area contributed by atoms with E-state index in [1.54, 1.807) is 0 Å². The normalized spacial score (nSPS) is 24.7. The molecule has 2 aliphatic rings. The Morgan fingerprint density at radius 3 is 2.67 bits per heavy atom. The minimum Gasteiger partial charge on any atom is -0.398 e. The SMILES string of the molecule is Nc1ccc(S(=O)(=O)CC2CCC3(CCCC3)O2)cc1Cl. The van der Waals surface area contributed by atoms with Crippen molar-refractivity contribution in [3.63, 3.8) is 0 Å². The van der Waals surface area contributed by atoms with Gasteiger partial charge in [-0.2, -0.15) is 0 Å². The van der Waals surface area contributed by atoms with E-state index in [0.717, 1.165) is 25.7 Å². The zero-order valence-corrected chi connectivity index (χ0v) is 13.4. The van der Waals surface area contributed by atoms with Gasteiger partial charge in [0.15, 0.2) is 9.84 Å². The average Bonchev–Trinajstić information content (AvgIpc) is 3.03. The molecule has 116 valence electrons. The van der Waals surface area contributed by atoms with Gasteiger partial charge in [-0.3, -0.25) is 0 Å². The van der Waals surface area contributed by atoms with Crippen molar-refractivity contribution in [3.05, 3.63) is 23.2 Å². The van der Waals surface area contributed by atoms with E-state index in [4.69, 9.17) is 22.1 Å². The maximum atomic E-state index is 12.5. The minimum atomic E-state index is -3.39. The van der Waals surface area contributed by atoms with Crippen LogP contribution < -0.4 is 5.73 Å². The second-order valence-corrected chi connectivity index (χ2v) is 8.57. The van der Waals surface area contributed by atoms with Crippen LogP contribution in [0.25, 0.3) is 0 Å². The number of anilines is 1. The molecule has 2 N–H and O–H groups in total. The average molecular weight is 330 g/mol. The molecular formula is C15H20ClNO3S. The highest BCUT2D eigenvalue weighted by molar-refractivity contribution is 7.91. The molecule has 3 rings (SSSR count). The Bertz CT molecular complexity index is 638. The molecule has 1 atom stereocenters. The predicted molar refractivity (Wildman–Crippen MR) is 83.2 cm³/mol. The number of hydrogen-bond donors (Lipinski definition) is 1. The molecule has 1 saturated heterocycles. The van der Waals surface area contributed by atoms with Crippen LogP contribution in [-0.4, -0.2) is 25.9 Å². The van der Waals surface area contributed by atoms with Gasteiger partial charge in [0.25, 0.3) is 0 Å². The number of sulfone groups is 1. The number of nitrogen functional groups attached to an aromatic ring is 1. The molecular weight excluding hydrogens is 310 g/mol. The van der Waals surface area contributed by atoms with Crippen molar-refractivity contribution in [2.75, 3.05) is 11.5 Å². The summed E-state index contributed by atoms with van der Waals surface area (Å²) in [5.74, 6) is 0.0228. The maximum absolute atomic E-state index is 12.5. The lowest BCUT2D eigenvalue weighted by molar-refractivity contribution is -0.0273. The van der Waals surface area contributed by atoms with Crippen LogP contribution in [-0.2, 0) is 14.6 Å². The number of halogens is 1. The van der Waals surface area contributed by atoms with E-state index < -0.39 is 9.84 Å². The monoisotopic (exact) mass is 329 g/mol. The van der Waals surface area contributed by atoms with Crippen LogP contribution in [0.4, 0.5) is 5.69 Å². The summed E-state index contributed by atoms with van der Waals surface area (Å²) in [5.41, 5.74) is 5.97. The molecule has 1 unspecified atom stereocenters. The van der Waals surface area contributed by atoms with Crippen molar-refractivity contribution in [1.29, 1.82) is 0 Å². The standard InChI is InChI=1S/C15H20ClNO3S/c16-13-9-12(3-4-14(13)17)21(18,19)10-11-5-8-15(20-11)6-1-2-7-15/h3-4,9,11H,1-2,5-8,10,17H2. The summed E-state index contributed by atoms with van der Waals surface area (Å²) in [6.07, 6.45) is 6.11. The molecule has 4 nitrogen and oxygen atoms in total. The second-order valence-electron chi connectivity index (χ2n) is 6.13. The lowest BCUT2D eigenvalue weighted by Gasteiger charge is -2.23. The third-order valence-electron chi connectivity index (χ3n) is 4.59. The van der Waals surface area contributed by atoms with Crippen LogP contribution in [0.2, 0.25) is 5.02 Å². The molecule has 6 heteroatoms. The predicted octanol–water partition coefficient (Wildman–Crippen LogP) is 3.19. The summed E-state index contributed by atoms with van der Waals surface area (Å²) in [7, 11) is -3.39. The first-order chi connectivity index (χ1) is 9.90. The van der Waals surface area contributed by atoms with Gasteiger partial charge in [0, 0.05) is 0 Å². The molecule has 1 saturated carbocycles. The van der Waals surface area contributed by atoms with Crippen molar-refractivity contribution in [2.45, 2.75) is 55.1 Å². The maximum Gasteiger partial charge on any atom is 0.180 e. The summed E-state index contributed by atoms with van der Waals surface area (Å²) >= 11 is 5.91. The van der Waals surface area contributed by atoms with E-state index in [-0.39, 0.29) is 27.4 Å². The van der Waals surface area contributed by atoms with E-state index in [9.17, 15) is 8.42 Å². The van der Waals surface area contributed by atoms with Gasteiger partial charge in [0.05, 0.1) is 33.1 Å². The van der Waals surface area contributed by atoms with Crippen molar-refractivity contribution in [2.24, 2.45) is 0 Å². The van der Waals surface area contributed by atoms with Crippen molar-refractivity contribution < 1.29 is 13.2 Å². The first-order valence-corrected chi connectivity index (χ1v) is 9.39. The molecule has 1 aliphatic heterocycles. The van der Waals surface area contributed by atoms with E-state index in [0.29, 0.717) is 5.69 Å². The zero-order valence-electron chi connectivity index (χ0n) is 11.8. The number of rotatable bonds is 3. The zero-order chi connectivity index (χ0) is 15.1. The first kappa shape index (κ1) is 15.1. The van der Waals surface area contributed by atoms with Crippen LogP contribution >= 0.6 is 11.6 Å². The molecule has 0 bridgehead atoms. The molecule has 1 aliphatic carbocycles. The summed E-state index contributed by atoms with van der Waals surface area (Å²) < 4.78 is 31.0. The molecule has 1 aromatic rings. The van der Waals surface area contributed by atoms with Gasteiger partial charge >= 0.3 is 0 Å². The van der Waals surface area contributed by atoms with Crippen LogP contribution in [0.5, 0.6) is 0 Å². The molecule has 0 radical (unpaired) electrons. The highest BCUT2D eigenvalue weighted by Gasteiger charge is 2.43. The van der Waals surface area contributed by atoms with Crippen LogP contribution in [0.15, 0.2) is 23.1 Å². The fourth-order valence-corrected chi connectivity index (χ4v) is 5.18. The van der Waals surface area contributed by atoms with Crippen LogP contribution in [0.1, 0.15) is 38.5 Å². The molecule has 1 spiro atoms. The van der Waals surface area contributed by atoms with Gasteiger partial charge in [0.1, 0.15) is 0 Å². The quantitative estimate of drug-likeness (QED) is 0.865. The summed E-state index contributed by atoms with van der Waals surface area (Å²) in [4.78, 5) is 0.220. The number of nitrogens with two attached hydrogens (primary N) is 1. The minimum absolute atomic E-state index is 0.0228. The molecule has 0 amide bonds. The molecule has 21 heavy (non-hydrogen) atoms. The lowest BCUT2D eigenvalue weighted by atomic mass is 9.98. The van der Waals surface area contributed by atoms with Gasteiger partial charge in [0.2, 0.25) is 0 Å². The Morgan fingerprint density at radius 1 is 1.29 bits per heavy atom. The van der Waals surface area contributed by atoms with Gasteiger partial charge in [-0.1, -0.05) is 24.4 Å². The summed E-state index contributed by atoms with van der Waals surface area (Å²) in [6, 6.07) is 4.46. The highest BCUT2D eigenvalue weighted by atomic mass is 35.5. The lowest BCUT2D eigenvalue weighted by Crippen LogP contribution is -2.28. The smallest absolute Gasteiger partial charge is 0.180 e. The number of ether oxygens (including phenoxy) is 1. The fourth-order valence-electron chi connectivity index (χ4n) is 3.44. The van der Waals surface area contributed by atoms with Crippen molar-refractivity contribution in [3.8, 4) is 0 Å². The van der Waals surface area contributed by atoms with Gasteiger partial charge in [-0.05, 0) is 43.9 Å². The molecule has 2 fully saturated rings. The third-order valence-corrected chi connectivity index (χ3v) is 6.70. The molecule has 1 heterocycles. The van der Waals surface area contributed by atoms with Crippen molar-refractivity contribution in [1.82, 2.24) is 0 Å². The Balaban J connectivity index is 1.73. The van der Waals surface area contributed by atoms with E-state index >= 15 is 0 Å². The van der Waals surface area contributed by atoms with E-state index in [1.165, 1.54) is 31.0 Å². The second kappa shape index (κ2) is 5.45. The van der Waals surface area contributed by atoms with E-state index in [2.05, 4.69) is 0 Å². The van der Waals surface area contributed by atoms with Gasteiger partial charge in [-0.15, -0.1) is 0 Å². The topological polar surface area (TPSA) is 69.4 Å². The summed E-state index contributed by atoms with van der Waals surface area (Å²) in [5, 5.41) is 0.274. The molecule has 0 aromatic heterocycles. The van der Waals surface area contributed by atoms with Crippen LogP contribution in [0, 0.1) is 0 Å². The van der Waals surface area contributed by atoms with Gasteiger partial charge in [-0.25, -0.2) is 8.42 Å². The Kier molecular flexibility index (Phi) is 3.93.